The number of aryl methyl sites for hydroxylation is 1. The summed E-state index contributed by atoms with van der Waals surface area (Å²) < 4.78 is 14.2. The largest absolute Gasteiger partial charge is 0.349 e. The van der Waals surface area contributed by atoms with Crippen molar-refractivity contribution in [1.82, 2.24) is 0 Å². The van der Waals surface area contributed by atoms with Crippen LogP contribution in [0.2, 0.25) is 0 Å². The summed E-state index contributed by atoms with van der Waals surface area (Å²) in [6.45, 7) is 1.93. The van der Waals surface area contributed by atoms with Gasteiger partial charge in [0.15, 0.2) is 0 Å². The normalized spacial score (nSPS) is 10.3. The van der Waals surface area contributed by atoms with Gasteiger partial charge in [-0.3, -0.25) is 10.1 Å². The van der Waals surface area contributed by atoms with E-state index in [0.29, 0.717) is 5.69 Å². The quantitative estimate of drug-likeness (QED) is 0.665. The maximum atomic E-state index is 13.5. The van der Waals surface area contributed by atoms with Gasteiger partial charge in [0.05, 0.1) is 10.6 Å². The van der Waals surface area contributed by atoms with Gasteiger partial charge in [0.1, 0.15) is 5.69 Å². The Morgan fingerprint density at radius 1 is 1.26 bits per heavy atom. The molecule has 98 valence electrons. The third kappa shape index (κ3) is 2.90. The molecule has 0 amide bonds. The molecule has 0 fully saturated rings. The number of nitro groups is 1. The van der Waals surface area contributed by atoms with Gasteiger partial charge < -0.3 is 5.32 Å². The van der Waals surface area contributed by atoms with E-state index in [1.165, 1.54) is 12.1 Å². The van der Waals surface area contributed by atoms with Crippen LogP contribution in [0.15, 0.2) is 40.9 Å². The highest BCUT2D eigenvalue weighted by Crippen LogP contribution is 2.33. The molecule has 0 bridgehead atoms. The van der Waals surface area contributed by atoms with Crippen LogP contribution in [-0.4, -0.2) is 4.92 Å². The zero-order valence-corrected chi connectivity index (χ0v) is 11.6. The number of rotatable bonds is 3. The van der Waals surface area contributed by atoms with Crippen molar-refractivity contribution in [2.45, 2.75) is 6.92 Å². The van der Waals surface area contributed by atoms with Crippen molar-refractivity contribution in [3.63, 3.8) is 0 Å². The van der Waals surface area contributed by atoms with Crippen molar-refractivity contribution < 1.29 is 9.31 Å². The van der Waals surface area contributed by atoms with Crippen LogP contribution in [0.5, 0.6) is 0 Å². The van der Waals surface area contributed by atoms with Gasteiger partial charge in [0, 0.05) is 4.47 Å². The molecule has 0 unspecified atom stereocenters. The van der Waals surface area contributed by atoms with Crippen molar-refractivity contribution in [1.29, 1.82) is 0 Å². The monoisotopic (exact) mass is 324 g/mol. The summed E-state index contributed by atoms with van der Waals surface area (Å²) in [7, 11) is 0. The van der Waals surface area contributed by atoms with Gasteiger partial charge in [-0.1, -0.05) is 12.1 Å². The van der Waals surface area contributed by atoms with Crippen LogP contribution in [0.25, 0.3) is 0 Å². The van der Waals surface area contributed by atoms with E-state index in [1.807, 2.05) is 19.1 Å². The van der Waals surface area contributed by atoms with E-state index in [1.54, 1.807) is 6.07 Å². The predicted molar refractivity (Wildman–Crippen MR) is 75.2 cm³/mol. The van der Waals surface area contributed by atoms with Gasteiger partial charge in [0.2, 0.25) is 5.82 Å². The number of hydrogen-bond acceptors (Lipinski definition) is 3. The molecule has 0 radical (unpaired) electrons. The molecule has 0 atom stereocenters. The molecular formula is C13H10BrFN2O2. The molecule has 0 aliphatic heterocycles. The lowest BCUT2D eigenvalue weighted by Crippen LogP contribution is -2.00. The molecule has 4 nitrogen and oxygen atoms in total. The lowest BCUT2D eigenvalue weighted by Gasteiger charge is -2.09. The van der Waals surface area contributed by atoms with Crippen molar-refractivity contribution in [3.8, 4) is 0 Å². The first-order valence-electron chi connectivity index (χ1n) is 5.45. The van der Waals surface area contributed by atoms with Crippen molar-refractivity contribution in [2.75, 3.05) is 5.32 Å². The van der Waals surface area contributed by atoms with Gasteiger partial charge >= 0.3 is 5.69 Å². The second-order valence-corrected chi connectivity index (χ2v) is 4.86. The van der Waals surface area contributed by atoms with Gasteiger partial charge in [-0.05, 0) is 52.7 Å². The molecule has 0 aliphatic rings. The lowest BCUT2D eigenvalue weighted by atomic mass is 10.2. The van der Waals surface area contributed by atoms with Crippen LogP contribution in [0, 0.1) is 22.9 Å². The van der Waals surface area contributed by atoms with Crippen molar-refractivity contribution in [3.05, 3.63) is 62.4 Å². The molecule has 2 rings (SSSR count). The standard InChI is InChI=1S/C13H10BrFN2O2/c1-8-5-6-11(9(14)7-8)16-12-4-2-3-10(15)13(12)17(18)19/h2-7,16H,1H3. The second-order valence-electron chi connectivity index (χ2n) is 4.00. The van der Waals surface area contributed by atoms with Gasteiger partial charge in [-0.2, -0.15) is 4.39 Å². The number of halogens is 2. The Balaban J connectivity index is 2.44. The fourth-order valence-electron chi connectivity index (χ4n) is 1.67. The van der Waals surface area contributed by atoms with Gasteiger partial charge in [-0.25, -0.2) is 0 Å². The molecule has 0 heterocycles. The maximum absolute atomic E-state index is 13.5. The van der Waals surface area contributed by atoms with Gasteiger partial charge in [0.25, 0.3) is 0 Å². The number of hydrogen-bond donors (Lipinski definition) is 1. The van der Waals surface area contributed by atoms with E-state index in [9.17, 15) is 14.5 Å². The summed E-state index contributed by atoms with van der Waals surface area (Å²) in [6, 6.07) is 9.45. The third-order valence-corrected chi connectivity index (χ3v) is 3.22. The van der Waals surface area contributed by atoms with E-state index >= 15 is 0 Å². The number of nitrogens with zero attached hydrogens (tertiary/aromatic N) is 1. The van der Waals surface area contributed by atoms with E-state index in [-0.39, 0.29) is 5.69 Å². The topological polar surface area (TPSA) is 55.2 Å². The molecular weight excluding hydrogens is 315 g/mol. The summed E-state index contributed by atoms with van der Waals surface area (Å²) in [5.74, 6) is -0.863. The number of para-hydroxylation sites is 1. The molecule has 0 saturated heterocycles. The minimum atomic E-state index is -0.863. The molecule has 2 aromatic carbocycles. The number of benzene rings is 2. The fraction of sp³-hybridized carbons (Fsp3) is 0.0769. The van der Waals surface area contributed by atoms with Crippen LogP contribution in [-0.2, 0) is 0 Å². The Hall–Kier alpha value is -1.95. The molecule has 0 spiro atoms. The fourth-order valence-corrected chi connectivity index (χ4v) is 2.26. The van der Waals surface area contributed by atoms with E-state index in [0.717, 1.165) is 16.1 Å². The first-order valence-corrected chi connectivity index (χ1v) is 6.24. The van der Waals surface area contributed by atoms with Crippen molar-refractivity contribution in [2.24, 2.45) is 0 Å². The Kier molecular flexibility index (Phi) is 3.80. The molecule has 0 saturated carbocycles. The molecule has 6 heteroatoms. The summed E-state index contributed by atoms with van der Waals surface area (Å²) in [6.07, 6.45) is 0. The Labute approximate surface area is 117 Å². The van der Waals surface area contributed by atoms with Crippen LogP contribution >= 0.6 is 15.9 Å². The highest BCUT2D eigenvalue weighted by atomic mass is 79.9. The summed E-state index contributed by atoms with van der Waals surface area (Å²) in [4.78, 5) is 10.1. The highest BCUT2D eigenvalue weighted by molar-refractivity contribution is 9.10. The summed E-state index contributed by atoms with van der Waals surface area (Å²) in [5, 5.41) is 13.7. The minimum Gasteiger partial charge on any atom is -0.349 e. The first-order chi connectivity index (χ1) is 8.99. The number of nitro benzene ring substituents is 1. The lowest BCUT2D eigenvalue weighted by molar-refractivity contribution is -0.386. The Morgan fingerprint density at radius 3 is 2.63 bits per heavy atom. The number of anilines is 2. The Morgan fingerprint density at radius 2 is 2.00 bits per heavy atom. The molecule has 1 N–H and O–H groups in total. The number of nitrogens with one attached hydrogen (secondary N) is 1. The maximum Gasteiger partial charge on any atom is 0.327 e. The van der Waals surface area contributed by atoms with Gasteiger partial charge in [-0.15, -0.1) is 0 Å². The van der Waals surface area contributed by atoms with E-state index < -0.39 is 16.4 Å². The summed E-state index contributed by atoms with van der Waals surface area (Å²) in [5.41, 5.74) is 1.25. The Bertz CT molecular complexity index is 647. The average Bonchev–Trinajstić information content (AvgIpc) is 2.32. The van der Waals surface area contributed by atoms with Crippen LogP contribution in [0.3, 0.4) is 0 Å². The van der Waals surface area contributed by atoms with Crippen molar-refractivity contribution >= 4 is 33.0 Å². The third-order valence-electron chi connectivity index (χ3n) is 2.56. The van der Waals surface area contributed by atoms with E-state index in [2.05, 4.69) is 21.2 Å². The van der Waals surface area contributed by atoms with E-state index in [4.69, 9.17) is 0 Å². The zero-order valence-electron chi connectivity index (χ0n) is 9.98. The molecule has 0 aromatic heterocycles. The van der Waals surface area contributed by atoms with Crippen LogP contribution in [0.1, 0.15) is 5.56 Å². The zero-order chi connectivity index (χ0) is 14.0. The SMILES string of the molecule is Cc1ccc(Nc2cccc(F)c2[N+](=O)[O-])c(Br)c1. The molecule has 2 aromatic rings. The summed E-state index contributed by atoms with van der Waals surface area (Å²) >= 11 is 3.36. The first kappa shape index (κ1) is 13.5. The average molecular weight is 325 g/mol. The molecule has 19 heavy (non-hydrogen) atoms. The second kappa shape index (κ2) is 5.36. The van der Waals surface area contributed by atoms with Crippen LogP contribution in [0.4, 0.5) is 21.5 Å². The predicted octanol–water partition coefficient (Wildman–Crippen LogP) is 4.55. The van der Waals surface area contributed by atoms with Crippen LogP contribution < -0.4 is 5.32 Å². The smallest absolute Gasteiger partial charge is 0.327 e. The molecule has 0 aliphatic carbocycles. The highest BCUT2D eigenvalue weighted by Gasteiger charge is 2.20. The minimum absolute atomic E-state index is 0.120.